The van der Waals surface area contributed by atoms with Gasteiger partial charge in [0.2, 0.25) is 0 Å². The second-order valence-electron chi connectivity index (χ2n) is 13.2. The Hall–Kier alpha value is -4.28. The van der Waals surface area contributed by atoms with E-state index in [1.54, 1.807) is 7.11 Å². The summed E-state index contributed by atoms with van der Waals surface area (Å²) < 4.78 is 10.3. The van der Waals surface area contributed by atoms with E-state index in [1.807, 2.05) is 25.6 Å². The lowest BCUT2D eigenvalue weighted by molar-refractivity contribution is -0.151. The molecule has 5 rings (SSSR count). The Bertz CT molecular complexity index is 1660. The van der Waals surface area contributed by atoms with Crippen LogP contribution in [0.3, 0.4) is 0 Å². The van der Waals surface area contributed by atoms with Gasteiger partial charge in [0.15, 0.2) is 0 Å². The van der Waals surface area contributed by atoms with Gasteiger partial charge in [-0.05, 0) is 90.5 Å². The SMILES string of the molecule is C.C.C.C.CCC(CC(CC(C)(C)C(=O)OC)c1ccc(CSC(c2ccccc2)(c2ccccc2)c2ccc(OC)cc2)cc1)c1ccccc1. The standard InChI is InChI=1S/C44H48O3S.4CH4/c1-6-34(35-16-10-7-11-17-35)30-37(31-43(2,3)42(45)47-5)36-24-22-33(23-25-36)32-48-44(38-18-12-8-13-19-38,39-20-14-9-15-21-39)40-26-28-41(46-4)29-27-40;;;;/h7-29,34,37H,6,30-32H2,1-5H3;4*1H4. The molecule has 52 heavy (non-hydrogen) atoms. The summed E-state index contributed by atoms with van der Waals surface area (Å²) in [5, 5.41) is 0. The van der Waals surface area contributed by atoms with Crippen molar-refractivity contribution < 1.29 is 14.3 Å². The first kappa shape index (κ1) is 45.7. The maximum Gasteiger partial charge on any atom is 0.311 e. The lowest BCUT2D eigenvalue weighted by Crippen LogP contribution is -2.28. The van der Waals surface area contributed by atoms with Crippen LogP contribution in [0.15, 0.2) is 140 Å². The Balaban J connectivity index is 0.00000338. The first-order valence-corrected chi connectivity index (χ1v) is 17.9. The Morgan fingerprint density at radius 2 is 1.08 bits per heavy atom. The third-order valence-corrected chi connectivity index (χ3v) is 11.2. The van der Waals surface area contributed by atoms with Gasteiger partial charge in [0.05, 0.1) is 24.4 Å². The Labute approximate surface area is 321 Å². The van der Waals surface area contributed by atoms with Crippen molar-refractivity contribution in [2.75, 3.05) is 14.2 Å². The minimum Gasteiger partial charge on any atom is -0.497 e. The molecule has 5 aromatic carbocycles. The summed E-state index contributed by atoms with van der Waals surface area (Å²) >= 11 is 1.94. The van der Waals surface area contributed by atoms with Gasteiger partial charge in [0, 0.05) is 5.75 Å². The van der Waals surface area contributed by atoms with Crippen LogP contribution in [0.5, 0.6) is 5.75 Å². The Kier molecular flexibility index (Phi) is 18.7. The minimum absolute atomic E-state index is 0. The second kappa shape index (κ2) is 21.3. The first-order valence-electron chi connectivity index (χ1n) is 16.9. The van der Waals surface area contributed by atoms with Crippen LogP contribution in [0.1, 0.15) is 115 Å². The van der Waals surface area contributed by atoms with Crippen molar-refractivity contribution in [2.45, 2.75) is 92.1 Å². The topological polar surface area (TPSA) is 35.5 Å². The molecule has 0 bridgehead atoms. The van der Waals surface area contributed by atoms with Gasteiger partial charge < -0.3 is 9.47 Å². The molecule has 5 aromatic rings. The first-order chi connectivity index (χ1) is 23.3. The summed E-state index contributed by atoms with van der Waals surface area (Å²) in [5.41, 5.74) is 6.97. The van der Waals surface area contributed by atoms with Gasteiger partial charge in [-0.3, -0.25) is 4.79 Å². The molecule has 0 aromatic heterocycles. The van der Waals surface area contributed by atoms with Crippen LogP contribution in [0, 0.1) is 5.41 Å². The minimum atomic E-state index is -0.591. The van der Waals surface area contributed by atoms with E-state index >= 15 is 0 Å². The molecule has 0 radical (unpaired) electrons. The van der Waals surface area contributed by atoms with Crippen LogP contribution in [0.4, 0.5) is 0 Å². The number of benzene rings is 5. The third kappa shape index (κ3) is 10.6. The van der Waals surface area contributed by atoms with Gasteiger partial charge in [-0.1, -0.05) is 164 Å². The van der Waals surface area contributed by atoms with Gasteiger partial charge in [-0.15, -0.1) is 11.8 Å². The summed E-state index contributed by atoms with van der Waals surface area (Å²) in [4.78, 5) is 12.8. The maximum absolute atomic E-state index is 12.8. The molecule has 280 valence electrons. The highest BCUT2D eigenvalue weighted by Crippen LogP contribution is 2.50. The lowest BCUT2D eigenvalue weighted by atomic mass is 9.74. The highest BCUT2D eigenvalue weighted by Gasteiger charge is 2.37. The fourth-order valence-electron chi connectivity index (χ4n) is 6.92. The van der Waals surface area contributed by atoms with Crippen LogP contribution in [-0.2, 0) is 20.0 Å². The predicted octanol–water partition coefficient (Wildman–Crippen LogP) is 13.7. The summed E-state index contributed by atoms with van der Waals surface area (Å²) in [6, 6.07) is 50.0. The van der Waals surface area contributed by atoms with Gasteiger partial charge in [-0.2, -0.15) is 0 Å². The number of esters is 1. The monoisotopic (exact) mass is 720 g/mol. The van der Waals surface area contributed by atoms with Crippen molar-refractivity contribution in [3.05, 3.63) is 173 Å². The maximum atomic E-state index is 12.8. The van der Waals surface area contributed by atoms with E-state index in [9.17, 15) is 4.79 Å². The summed E-state index contributed by atoms with van der Waals surface area (Å²) in [6.07, 6.45) is 2.73. The molecule has 3 nitrogen and oxygen atoms in total. The average Bonchev–Trinajstić information content (AvgIpc) is 3.15. The number of ether oxygens (including phenoxy) is 2. The van der Waals surface area contributed by atoms with Crippen molar-refractivity contribution in [3.63, 3.8) is 0 Å². The van der Waals surface area contributed by atoms with Crippen molar-refractivity contribution >= 4 is 17.7 Å². The highest BCUT2D eigenvalue weighted by atomic mass is 32.2. The van der Waals surface area contributed by atoms with Crippen LogP contribution in [0.2, 0.25) is 0 Å². The van der Waals surface area contributed by atoms with Crippen molar-refractivity contribution in [3.8, 4) is 5.75 Å². The van der Waals surface area contributed by atoms with E-state index in [4.69, 9.17) is 9.47 Å². The van der Waals surface area contributed by atoms with E-state index in [0.29, 0.717) is 5.92 Å². The molecule has 2 unspecified atom stereocenters. The van der Waals surface area contributed by atoms with E-state index in [0.717, 1.165) is 30.8 Å². The molecular weight excluding hydrogens is 657 g/mol. The molecule has 0 amide bonds. The fourth-order valence-corrected chi connectivity index (χ4v) is 8.40. The number of thioether (sulfide) groups is 1. The normalized spacial score (nSPS) is 12.0. The average molecular weight is 721 g/mol. The zero-order chi connectivity index (χ0) is 34.0. The zero-order valence-corrected chi connectivity index (χ0v) is 29.7. The number of carbonyl (C=O) groups excluding carboxylic acids is 1. The molecule has 0 saturated carbocycles. The summed E-state index contributed by atoms with van der Waals surface area (Å²) in [7, 11) is 3.20. The fraction of sp³-hybridized carbons (Fsp3) is 0.354. The highest BCUT2D eigenvalue weighted by molar-refractivity contribution is 7.99. The number of hydrogen-bond donors (Lipinski definition) is 0. The molecule has 0 heterocycles. The predicted molar refractivity (Wildman–Crippen MR) is 228 cm³/mol. The van der Waals surface area contributed by atoms with E-state index in [1.165, 1.54) is 40.5 Å². The number of carbonyl (C=O) groups is 1. The summed E-state index contributed by atoms with van der Waals surface area (Å²) in [5.74, 6) is 2.11. The van der Waals surface area contributed by atoms with Crippen LogP contribution >= 0.6 is 11.8 Å². The molecule has 0 aliphatic carbocycles. The largest absolute Gasteiger partial charge is 0.497 e. The zero-order valence-electron chi connectivity index (χ0n) is 28.9. The quantitative estimate of drug-likeness (QED) is 0.0797. The van der Waals surface area contributed by atoms with Crippen LogP contribution in [-0.4, -0.2) is 20.2 Å². The molecule has 0 aliphatic heterocycles. The Morgan fingerprint density at radius 3 is 1.54 bits per heavy atom. The number of methoxy groups -OCH3 is 2. The smallest absolute Gasteiger partial charge is 0.311 e. The Morgan fingerprint density at radius 1 is 0.615 bits per heavy atom. The van der Waals surface area contributed by atoms with Gasteiger partial charge in [-0.25, -0.2) is 0 Å². The third-order valence-electron chi connectivity index (χ3n) is 9.59. The van der Waals surface area contributed by atoms with E-state index in [-0.39, 0.29) is 41.6 Å². The molecular formula is C48H64O3S. The van der Waals surface area contributed by atoms with E-state index < -0.39 is 10.2 Å². The lowest BCUT2D eigenvalue weighted by Gasteiger charge is -2.35. The van der Waals surface area contributed by atoms with Gasteiger partial charge in [0.1, 0.15) is 5.75 Å². The molecule has 2 atom stereocenters. The van der Waals surface area contributed by atoms with E-state index in [2.05, 4.69) is 146 Å². The molecule has 0 fully saturated rings. The molecule has 0 aliphatic rings. The molecule has 0 N–H and O–H groups in total. The number of hydrogen-bond acceptors (Lipinski definition) is 4. The van der Waals surface area contributed by atoms with Gasteiger partial charge in [0.25, 0.3) is 0 Å². The van der Waals surface area contributed by atoms with Crippen LogP contribution in [0.25, 0.3) is 0 Å². The molecule has 0 spiro atoms. The van der Waals surface area contributed by atoms with Crippen molar-refractivity contribution in [1.82, 2.24) is 0 Å². The van der Waals surface area contributed by atoms with Crippen molar-refractivity contribution in [1.29, 1.82) is 0 Å². The second-order valence-corrected chi connectivity index (χ2v) is 14.4. The van der Waals surface area contributed by atoms with Crippen LogP contribution < -0.4 is 4.74 Å². The molecule has 4 heteroatoms. The van der Waals surface area contributed by atoms with Crippen molar-refractivity contribution in [2.24, 2.45) is 5.41 Å². The van der Waals surface area contributed by atoms with Gasteiger partial charge >= 0.3 is 5.97 Å². The number of rotatable bonds is 15. The molecule has 0 saturated heterocycles. The summed E-state index contributed by atoms with van der Waals surface area (Å²) in [6.45, 7) is 6.27.